The van der Waals surface area contributed by atoms with Gasteiger partial charge in [0.05, 0.1) is 0 Å². The van der Waals surface area contributed by atoms with Gasteiger partial charge in [0, 0.05) is 24.3 Å². The van der Waals surface area contributed by atoms with Crippen molar-refractivity contribution in [1.29, 1.82) is 0 Å². The second-order valence-electron chi connectivity index (χ2n) is 3.51. The highest BCUT2D eigenvalue weighted by Crippen LogP contribution is 2.09. The summed E-state index contributed by atoms with van der Waals surface area (Å²) < 4.78 is 2.07. The van der Waals surface area contributed by atoms with Crippen LogP contribution < -0.4 is 0 Å². The van der Waals surface area contributed by atoms with E-state index in [9.17, 15) is 0 Å². The summed E-state index contributed by atoms with van der Waals surface area (Å²) in [5.74, 6) is 1.26. The lowest BCUT2D eigenvalue weighted by Crippen LogP contribution is -2.09. The summed E-state index contributed by atoms with van der Waals surface area (Å²) in [6.07, 6.45) is 4.03. The molecular formula is C10H17ClN2. The fourth-order valence-electron chi connectivity index (χ4n) is 1.36. The largest absolute Gasteiger partial charge is 0.270 e. The van der Waals surface area contributed by atoms with Crippen molar-refractivity contribution in [3.63, 3.8) is 0 Å². The Morgan fingerprint density at radius 1 is 1.62 bits per heavy atom. The third kappa shape index (κ3) is 3.03. The maximum atomic E-state index is 5.77. The maximum absolute atomic E-state index is 5.77. The highest BCUT2D eigenvalue weighted by Gasteiger charge is 2.06. The van der Waals surface area contributed by atoms with E-state index < -0.39 is 0 Å². The van der Waals surface area contributed by atoms with Crippen molar-refractivity contribution in [2.75, 3.05) is 5.88 Å². The molecule has 0 saturated heterocycles. The van der Waals surface area contributed by atoms with Crippen molar-refractivity contribution in [1.82, 2.24) is 9.78 Å². The molecule has 0 bridgehead atoms. The Balaban J connectivity index is 2.59. The number of alkyl halides is 1. The average molecular weight is 201 g/mol. The van der Waals surface area contributed by atoms with E-state index in [0.29, 0.717) is 5.92 Å². The Morgan fingerprint density at radius 3 is 3.00 bits per heavy atom. The van der Waals surface area contributed by atoms with Crippen LogP contribution in [0.1, 0.15) is 26.0 Å². The van der Waals surface area contributed by atoms with Crippen LogP contribution in [0.15, 0.2) is 12.3 Å². The molecule has 0 spiro atoms. The van der Waals surface area contributed by atoms with Crippen LogP contribution >= 0.6 is 11.6 Å². The Hall–Kier alpha value is -0.500. The Bertz CT molecular complexity index is 245. The molecule has 13 heavy (non-hydrogen) atoms. The third-order valence-corrected chi connectivity index (χ3v) is 2.59. The predicted molar refractivity (Wildman–Crippen MR) is 56.1 cm³/mol. The van der Waals surface area contributed by atoms with E-state index in [1.54, 1.807) is 0 Å². The van der Waals surface area contributed by atoms with Crippen molar-refractivity contribution in [2.45, 2.75) is 33.2 Å². The molecule has 0 aliphatic carbocycles. The fourth-order valence-corrected chi connectivity index (χ4v) is 1.47. The van der Waals surface area contributed by atoms with Crippen molar-refractivity contribution < 1.29 is 0 Å². The minimum absolute atomic E-state index is 0.536. The standard InChI is InChI=1S/C10H17ClN2/c1-3-6-13-10(4-5-12-13)7-9(2)8-11/h4-5,9H,3,6-8H2,1-2H3. The first kappa shape index (κ1) is 10.6. The van der Waals surface area contributed by atoms with E-state index in [-0.39, 0.29) is 0 Å². The van der Waals surface area contributed by atoms with Gasteiger partial charge in [-0.15, -0.1) is 11.6 Å². The summed E-state index contributed by atoms with van der Waals surface area (Å²) in [5.41, 5.74) is 1.30. The van der Waals surface area contributed by atoms with Gasteiger partial charge < -0.3 is 0 Å². The van der Waals surface area contributed by atoms with Gasteiger partial charge in [-0.3, -0.25) is 4.68 Å². The maximum Gasteiger partial charge on any atom is 0.0492 e. The molecule has 0 aromatic carbocycles. The first-order valence-electron chi connectivity index (χ1n) is 4.84. The Labute approximate surface area is 84.9 Å². The van der Waals surface area contributed by atoms with E-state index in [2.05, 4.69) is 29.7 Å². The average Bonchev–Trinajstić information content (AvgIpc) is 2.54. The quantitative estimate of drug-likeness (QED) is 0.669. The van der Waals surface area contributed by atoms with E-state index in [1.165, 1.54) is 5.69 Å². The van der Waals surface area contributed by atoms with Crippen LogP contribution in [0.2, 0.25) is 0 Å². The topological polar surface area (TPSA) is 17.8 Å². The van der Waals surface area contributed by atoms with Crippen LogP contribution in [-0.4, -0.2) is 15.7 Å². The summed E-state index contributed by atoms with van der Waals surface area (Å²) >= 11 is 5.77. The zero-order valence-corrected chi connectivity index (χ0v) is 9.09. The minimum atomic E-state index is 0.536. The van der Waals surface area contributed by atoms with Gasteiger partial charge in [0.15, 0.2) is 0 Å². The number of hydrogen-bond acceptors (Lipinski definition) is 1. The molecule has 0 saturated carbocycles. The van der Waals surface area contributed by atoms with Crippen molar-refractivity contribution >= 4 is 11.6 Å². The van der Waals surface area contributed by atoms with Crippen molar-refractivity contribution in [3.05, 3.63) is 18.0 Å². The molecule has 2 nitrogen and oxygen atoms in total. The molecule has 0 radical (unpaired) electrons. The van der Waals surface area contributed by atoms with Crippen molar-refractivity contribution in [3.8, 4) is 0 Å². The molecule has 1 atom stereocenters. The number of aromatic nitrogens is 2. The van der Waals surface area contributed by atoms with Crippen LogP contribution in [0.25, 0.3) is 0 Å². The lowest BCUT2D eigenvalue weighted by atomic mass is 10.1. The summed E-state index contributed by atoms with van der Waals surface area (Å²) in [4.78, 5) is 0. The highest BCUT2D eigenvalue weighted by molar-refractivity contribution is 6.18. The molecule has 1 rings (SSSR count). The fraction of sp³-hybridized carbons (Fsp3) is 0.700. The van der Waals surface area contributed by atoms with Gasteiger partial charge in [-0.05, 0) is 24.8 Å². The SMILES string of the molecule is CCCn1nccc1CC(C)CCl. The number of rotatable bonds is 5. The van der Waals surface area contributed by atoms with Crippen LogP contribution in [0, 0.1) is 5.92 Å². The molecule has 0 fully saturated rings. The van der Waals surface area contributed by atoms with Crippen LogP contribution in [0.5, 0.6) is 0 Å². The second-order valence-corrected chi connectivity index (χ2v) is 3.82. The zero-order valence-electron chi connectivity index (χ0n) is 8.33. The van der Waals surface area contributed by atoms with E-state index in [1.807, 2.05) is 6.20 Å². The first-order valence-corrected chi connectivity index (χ1v) is 5.38. The third-order valence-electron chi connectivity index (χ3n) is 2.06. The summed E-state index contributed by atoms with van der Waals surface area (Å²) in [6.45, 7) is 5.34. The molecule has 1 heterocycles. The zero-order chi connectivity index (χ0) is 9.68. The summed E-state index contributed by atoms with van der Waals surface area (Å²) in [6, 6.07) is 2.08. The van der Waals surface area contributed by atoms with Gasteiger partial charge in [0.1, 0.15) is 0 Å². The Morgan fingerprint density at radius 2 is 2.38 bits per heavy atom. The molecule has 74 valence electrons. The second kappa shape index (κ2) is 5.28. The Kier molecular flexibility index (Phi) is 4.29. The van der Waals surface area contributed by atoms with Crippen molar-refractivity contribution in [2.24, 2.45) is 5.92 Å². The summed E-state index contributed by atoms with van der Waals surface area (Å²) in [7, 11) is 0. The van der Waals surface area contributed by atoms with Gasteiger partial charge in [-0.1, -0.05) is 13.8 Å². The number of hydrogen-bond donors (Lipinski definition) is 0. The van der Waals surface area contributed by atoms with E-state index in [4.69, 9.17) is 11.6 Å². The lowest BCUT2D eigenvalue weighted by Gasteiger charge is -2.09. The molecule has 0 amide bonds. The monoisotopic (exact) mass is 200 g/mol. The number of aryl methyl sites for hydroxylation is 1. The number of halogens is 1. The van der Waals surface area contributed by atoms with E-state index in [0.717, 1.165) is 25.3 Å². The molecule has 0 aliphatic heterocycles. The van der Waals surface area contributed by atoms with Crippen LogP contribution in [-0.2, 0) is 13.0 Å². The minimum Gasteiger partial charge on any atom is -0.270 e. The normalized spacial score (nSPS) is 13.2. The molecule has 0 aliphatic rings. The number of nitrogens with zero attached hydrogens (tertiary/aromatic N) is 2. The molecule has 1 aromatic rings. The smallest absolute Gasteiger partial charge is 0.0492 e. The lowest BCUT2D eigenvalue weighted by molar-refractivity contribution is 0.539. The molecule has 1 unspecified atom stereocenters. The van der Waals surface area contributed by atoms with Gasteiger partial charge in [0.2, 0.25) is 0 Å². The molecular weight excluding hydrogens is 184 g/mol. The van der Waals surface area contributed by atoms with Crippen LogP contribution in [0.4, 0.5) is 0 Å². The molecule has 1 aromatic heterocycles. The van der Waals surface area contributed by atoms with Gasteiger partial charge in [-0.25, -0.2) is 0 Å². The van der Waals surface area contributed by atoms with Crippen LogP contribution in [0.3, 0.4) is 0 Å². The molecule has 3 heteroatoms. The summed E-state index contributed by atoms with van der Waals surface area (Å²) in [5, 5.41) is 4.27. The molecule has 0 N–H and O–H groups in total. The van der Waals surface area contributed by atoms with Gasteiger partial charge in [0.25, 0.3) is 0 Å². The van der Waals surface area contributed by atoms with E-state index >= 15 is 0 Å². The first-order chi connectivity index (χ1) is 6.27. The van der Waals surface area contributed by atoms with Gasteiger partial charge in [-0.2, -0.15) is 5.10 Å². The highest BCUT2D eigenvalue weighted by atomic mass is 35.5. The predicted octanol–water partition coefficient (Wildman–Crippen LogP) is 2.71. The van der Waals surface area contributed by atoms with Gasteiger partial charge >= 0.3 is 0 Å².